The van der Waals surface area contributed by atoms with E-state index in [9.17, 15) is 4.79 Å². The van der Waals surface area contributed by atoms with Crippen LogP contribution in [0.25, 0.3) is 0 Å². The van der Waals surface area contributed by atoms with E-state index >= 15 is 0 Å². The van der Waals surface area contributed by atoms with Gasteiger partial charge in [0.2, 0.25) is 5.91 Å². The number of hydrogen-bond acceptors (Lipinski definition) is 4. The second kappa shape index (κ2) is 5.97. The van der Waals surface area contributed by atoms with Crippen molar-refractivity contribution in [3.05, 3.63) is 34.0 Å². The summed E-state index contributed by atoms with van der Waals surface area (Å²) < 4.78 is 2.39. The molecule has 0 unspecified atom stereocenters. The molecule has 0 fully saturated rings. The third-order valence-corrected chi connectivity index (χ3v) is 3.68. The Morgan fingerprint density at radius 2 is 2.39 bits per heavy atom. The highest BCUT2D eigenvalue weighted by Gasteiger charge is 2.10. The van der Waals surface area contributed by atoms with Crippen molar-refractivity contribution in [2.45, 2.75) is 19.5 Å². The van der Waals surface area contributed by atoms with Crippen molar-refractivity contribution in [3.63, 3.8) is 0 Å². The van der Waals surface area contributed by atoms with Gasteiger partial charge in [-0.05, 0) is 12.1 Å². The van der Waals surface area contributed by atoms with Gasteiger partial charge < -0.3 is 4.90 Å². The van der Waals surface area contributed by atoms with Gasteiger partial charge in [0.05, 0.1) is 17.4 Å². The second-order valence-corrected chi connectivity index (χ2v) is 5.66. The molecule has 2 aromatic rings. The molecule has 1 amide bonds. The number of carbonyl (C=O) groups is 1. The standard InChI is InChI=1S/C11H13ClN4OS/c1-15(6-9-2-3-10(12)18-9)11(17)4-5-16-8-13-7-14-16/h2-3,7-8H,4-6H2,1H3. The number of aromatic nitrogens is 3. The summed E-state index contributed by atoms with van der Waals surface area (Å²) in [6.45, 7) is 1.14. The zero-order valence-corrected chi connectivity index (χ0v) is 11.5. The lowest BCUT2D eigenvalue weighted by Crippen LogP contribution is -2.26. The molecule has 0 radical (unpaired) electrons. The number of hydrogen-bond donors (Lipinski definition) is 0. The van der Waals surface area contributed by atoms with E-state index in [0.29, 0.717) is 19.5 Å². The Morgan fingerprint density at radius 3 is 3.00 bits per heavy atom. The number of halogens is 1. The third kappa shape index (κ3) is 3.54. The van der Waals surface area contributed by atoms with E-state index < -0.39 is 0 Å². The van der Waals surface area contributed by atoms with Crippen LogP contribution in [0, 0.1) is 0 Å². The van der Waals surface area contributed by atoms with Crippen LogP contribution < -0.4 is 0 Å². The summed E-state index contributed by atoms with van der Waals surface area (Å²) in [7, 11) is 1.79. The number of carbonyl (C=O) groups excluding carboxylic acids is 1. The van der Waals surface area contributed by atoms with Crippen molar-refractivity contribution in [2.75, 3.05) is 7.05 Å². The van der Waals surface area contributed by atoms with Gasteiger partial charge >= 0.3 is 0 Å². The Balaban J connectivity index is 1.81. The maximum Gasteiger partial charge on any atom is 0.224 e. The lowest BCUT2D eigenvalue weighted by Gasteiger charge is -2.15. The largest absolute Gasteiger partial charge is 0.341 e. The fraction of sp³-hybridized carbons (Fsp3) is 0.364. The topological polar surface area (TPSA) is 51.0 Å². The van der Waals surface area contributed by atoms with Crippen molar-refractivity contribution in [3.8, 4) is 0 Å². The minimum atomic E-state index is 0.0787. The van der Waals surface area contributed by atoms with Crippen molar-refractivity contribution >= 4 is 28.8 Å². The molecule has 0 saturated heterocycles. The molecule has 0 aromatic carbocycles. The molecule has 0 bridgehead atoms. The Labute approximate surface area is 114 Å². The number of thiophene rings is 1. The molecule has 0 aliphatic heterocycles. The molecule has 0 aliphatic carbocycles. The van der Waals surface area contributed by atoms with Crippen LogP contribution in [0.4, 0.5) is 0 Å². The molecule has 18 heavy (non-hydrogen) atoms. The highest BCUT2D eigenvalue weighted by atomic mass is 35.5. The second-order valence-electron chi connectivity index (χ2n) is 3.86. The van der Waals surface area contributed by atoms with Gasteiger partial charge in [0.25, 0.3) is 0 Å². The summed E-state index contributed by atoms with van der Waals surface area (Å²) in [4.78, 5) is 18.5. The first kappa shape index (κ1) is 13.0. The highest BCUT2D eigenvalue weighted by molar-refractivity contribution is 7.16. The van der Waals surface area contributed by atoms with Crippen molar-refractivity contribution in [1.82, 2.24) is 19.7 Å². The zero-order chi connectivity index (χ0) is 13.0. The predicted molar refractivity (Wildman–Crippen MR) is 70.4 cm³/mol. The average molecular weight is 285 g/mol. The highest BCUT2D eigenvalue weighted by Crippen LogP contribution is 2.22. The van der Waals surface area contributed by atoms with Crippen LogP contribution in [0.1, 0.15) is 11.3 Å². The van der Waals surface area contributed by atoms with Crippen molar-refractivity contribution in [2.24, 2.45) is 0 Å². The van der Waals surface area contributed by atoms with Crippen molar-refractivity contribution < 1.29 is 4.79 Å². The van der Waals surface area contributed by atoms with E-state index in [1.807, 2.05) is 12.1 Å². The molecule has 2 heterocycles. The normalized spacial score (nSPS) is 10.6. The lowest BCUT2D eigenvalue weighted by atomic mass is 10.3. The summed E-state index contributed by atoms with van der Waals surface area (Å²) in [5.41, 5.74) is 0. The Kier molecular flexibility index (Phi) is 4.33. The van der Waals surface area contributed by atoms with Crippen LogP contribution in [0.2, 0.25) is 4.34 Å². The van der Waals surface area contributed by atoms with Crippen LogP contribution >= 0.6 is 22.9 Å². The first-order valence-corrected chi connectivity index (χ1v) is 6.65. The molecule has 5 nitrogen and oxygen atoms in total. The van der Waals surface area contributed by atoms with Gasteiger partial charge in [-0.25, -0.2) is 4.98 Å². The molecular formula is C11H13ClN4OS. The molecule has 7 heteroatoms. The van der Waals surface area contributed by atoms with Crippen LogP contribution in [0.5, 0.6) is 0 Å². The fourth-order valence-corrected chi connectivity index (χ4v) is 2.65. The van der Waals surface area contributed by atoms with Gasteiger partial charge in [-0.3, -0.25) is 9.48 Å². The predicted octanol–water partition coefficient (Wildman–Crippen LogP) is 2.04. The van der Waals surface area contributed by atoms with E-state index in [1.165, 1.54) is 17.7 Å². The minimum absolute atomic E-state index is 0.0787. The number of aryl methyl sites for hydroxylation is 1. The van der Waals surface area contributed by atoms with E-state index in [2.05, 4.69) is 10.1 Å². The van der Waals surface area contributed by atoms with E-state index in [0.717, 1.165) is 9.21 Å². The molecule has 0 N–H and O–H groups in total. The maximum absolute atomic E-state index is 11.9. The molecule has 96 valence electrons. The molecule has 2 aromatic heterocycles. The smallest absolute Gasteiger partial charge is 0.224 e. The lowest BCUT2D eigenvalue weighted by molar-refractivity contribution is -0.130. The quantitative estimate of drug-likeness (QED) is 0.844. The van der Waals surface area contributed by atoms with Gasteiger partial charge in [-0.1, -0.05) is 11.6 Å². The summed E-state index contributed by atoms with van der Waals surface area (Å²) >= 11 is 7.34. The summed E-state index contributed by atoms with van der Waals surface area (Å²) in [6.07, 6.45) is 3.48. The van der Waals surface area contributed by atoms with Gasteiger partial charge in [0.1, 0.15) is 12.7 Å². The molecule has 0 aliphatic rings. The summed E-state index contributed by atoms with van der Waals surface area (Å²) in [5.74, 6) is 0.0787. The summed E-state index contributed by atoms with van der Waals surface area (Å²) in [6, 6.07) is 3.78. The molecule has 0 saturated carbocycles. The van der Waals surface area contributed by atoms with Crippen molar-refractivity contribution in [1.29, 1.82) is 0 Å². The van der Waals surface area contributed by atoms with Gasteiger partial charge in [0.15, 0.2) is 0 Å². The minimum Gasteiger partial charge on any atom is -0.341 e. The fourth-order valence-electron chi connectivity index (χ4n) is 1.51. The first-order chi connectivity index (χ1) is 8.65. The molecule has 0 atom stereocenters. The van der Waals surface area contributed by atoms with Crippen LogP contribution in [-0.2, 0) is 17.9 Å². The zero-order valence-electron chi connectivity index (χ0n) is 9.91. The molecular weight excluding hydrogens is 272 g/mol. The third-order valence-electron chi connectivity index (χ3n) is 2.47. The van der Waals surface area contributed by atoms with Gasteiger partial charge in [-0.15, -0.1) is 11.3 Å². The Hall–Kier alpha value is -1.40. The Morgan fingerprint density at radius 1 is 1.56 bits per heavy atom. The average Bonchev–Trinajstić information content (AvgIpc) is 2.97. The number of amides is 1. The van der Waals surface area contributed by atoms with Crippen LogP contribution in [0.3, 0.4) is 0 Å². The first-order valence-electron chi connectivity index (χ1n) is 5.46. The Bertz CT molecular complexity index is 511. The van der Waals surface area contributed by atoms with Crippen LogP contribution in [-0.4, -0.2) is 32.6 Å². The SMILES string of the molecule is CN(Cc1ccc(Cl)s1)C(=O)CCn1cncn1. The molecule has 2 rings (SSSR count). The van der Waals surface area contributed by atoms with E-state index in [4.69, 9.17) is 11.6 Å². The monoisotopic (exact) mass is 284 g/mol. The van der Waals surface area contributed by atoms with Gasteiger partial charge in [0, 0.05) is 18.3 Å². The number of nitrogens with zero attached hydrogens (tertiary/aromatic N) is 4. The van der Waals surface area contributed by atoms with Crippen LogP contribution in [0.15, 0.2) is 24.8 Å². The van der Waals surface area contributed by atoms with Gasteiger partial charge in [-0.2, -0.15) is 5.10 Å². The number of rotatable bonds is 5. The van der Waals surface area contributed by atoms with E-state index in [1.54, 1.807) is 23.0 Å². The molecule has 0 spiro atoms. The van der Waals surface area contributed by atoms with E-state index in [-0.39, 0.29) is 5.91 Å². The summed E-state index contributed by atoms with van der Waals surface area (Å²) in [5, 5.41) is 3.95. The maximum atomic E-state index is 11.9.